The van der Waals surface area contributed by atoms with Crippen molar-refractivity contribution < 1.29 is 9.53 Å². The summed E-state index contributed by atoms with van der Waals surface area (Å²) in [6.45, 7) is 7.70. The molecule has 0 aliphatic carbocycles. The normalized spacial score (nSPS) is 10.7. The lowest BCUT2D eigenvalue weighted by Gasteiger charge is -2.10. The Labute approximate surface area is 175 Å². The summed E-state index contributed by atoms with van der Waals surface area (Å²) in [6, 6.07) is 16.0. The minimum atomic E-state index is -0.0301. The molecule has 1 aromatic heterocycles. The lowest BCUT2D eigenvalue weighted by atomic mass is 10.1. The molecule has 0 saturated carbocycles. The molecule has 152 valence electrons. The van der Waals surface area contributed by atoms with Crippen molar-refractivity contribution in [2.45, 2.75) is 45.6 Å². The molecular formula is C22H26N4O2S. The average molecular weight is 411 g/mol. The van der Waals surface area contributed by atoms with E-state index in [9.17, 15) is 4.79 Å². The van der Waals surface area contributed by atoms with Gasteiger partial charge in [0.15, 0.2) is 11.0 Å². The molecule has 1 amide bonds. The number of carbonyl (C=O) groups excluding carboxylic acids is 1. The predicted molar refractivity (Wildman–Crippen MR) is 115 cm³/mol. The largest absolute Gasteiger partial charge is 0.486 e. The highest BCUT2D eigenvalue weighted by atomic mass is 32.2. The van der Waals surface area contributed by atoms with Gasteiger partial charge in [-0.2, -0.15) is 0 Å². The number of hydrogen-bond donors (Lipinski definition) is 1. The first kappa shape index (κ1) is 20.9. The fourth-order valence-electron chi connectivity index (χ4n) is 2.99. The summed E-state index contributed by atoms with van der Waals surface area (Å²) in [6.07, 6.45) is 0. The molecule has 0 fully saturated rings. The number of thioether (sulfide) groups is 1. The van der Waals surface area contributed by atoms with E-state index in [2.05, 4.69) is 21.6 Å². The van der Waals surface area contributed by atoms with Crippen LogP contribution in [0.3, 0.4) is 0 Å². The van der Waals surface area contributed by atoms with Gasteiger partial charge in [-0.15, -0.1) is 10.2 Å². The van der Waals surface area contributed by atoms with Gasteiger partial charge in [0, 0.05) is 13.1 Å². The zero-order valence-electron chi connectivity index (χ0n) is 17.0. The minimum Gasteiger partial charge on any atom is -0.486 e. The Balaban J connectivity index is 1.54. The first-order valence-electron chi connectivity index (χ1n) is 9.61. The molecule has 3 rings (SSSR count). The molecular weight excluding hydrogens is 384 g/mol. The van der Waals surface area contributed by atoms with Crippen LogP contribution in [0.1, 0.15) is 29.4 Å². The smallest absolute Gasteiger partial charge is 0.230 e. The molecule has 0 aliphatic heterocycles. The van der Waals surface area contributed by atoms with Gasteiger partial charge in [-0.25, -0.2) is 0 Å². The van der Waals surface area contributed by atoms with E-state index in [1.165, 1.54) is 11.8 Å². The summed E-state index contributed by atoms with van der Waals surface area (Å²) < 4.78 is 7.89. The molecule has 3 aromatic rings. The number of carbonyl (C=O) groups is 1. The van der Waals surface area contributed by atoms with Crippen LogP contribution in [0.2, 0.25) is 0 Å². The number of benzene rings is 2. The number of hydrogen-bond acceptors (Lipinski definition) is 5. The molecule has 2 aromatic carbocycles. The molecule has 0 saturated heterocycles. The van der Waals surface area contributed by atoms with Gasteiger partial charge in [-0.05, 0) is 49.6 Å². The third kappa shape index (κ3) is 6.09. The van der Waals surface area contributed by atoms with E-state index in [0.29, 0.717) is 25.4 Å². The molecule has 0 radical (unpaired) electrons. The Morgan fingerprint density at radius 2 is 1.83 bits per heavy atom. The summed E-state index contributed by atoms with van der Waals surface area (Å²) in [5.74, 6) is 1.84. The maximum Gasteiger partial charge on any atom is 0.230 e. The second kappa shape index (κ2) is 10.1. The lowest BCUT2D eigenvalue weighted by Crippen LogP contribution is -2.24. The van der Waals surface area contributed by atoms with Crippen molar-refractivity contribution in [1.29, 1.82) is 0 Å². The maximum atomic E-state index is 12.2. The Kier molecular flexibility index (Phi) is 7.30. The highest BCUT2D eigenvalue weighted by molar-refractivity contribution is 7.99. The Hall–Kier alpha value is -2.80. The average Bonchev–Trinajstić information content (AvgIpc) is 3.11. The first-order valence-corrected chi connectivity index (χ1v) is 10.6. The molecule has 0 bridgehead atoms. The van der Waals surface area contributed by atoms with Crippen LogP contribution in [0, 0.1) is 13.8 Å². The Bertz CT molecular complexity index is 936. The molecule has 0 atom stereocenters. The predicted octanol–water partition coefficient (Wildman–Crippen LogP) is 3.90. The van der Waals surface area contributed by atoms with Crippen molar-refractivity contribution in [1.82, 2.24) is 20.1 Å². The zero-order chi connectivity index (χ0) is 20.6. The van der Waals surface area contributed by atoms with Crippen LogP contribution in [0.25, 0.3) is 0 Å². The van der Waals surface area contributed by atoms with Gasteiger partial charge in [0.1, 0.15) is 12.4 Å². The van der Waals surface area contributed by atoms with Crippen molar-refractivity contribution >= 4 is 17.7 Å². The minimum absolute atomic E-state index is 0.0301. The van der Waals surface area contributed by atoms with E-state index in [1.54, 1.807) is 0 Å². The number of ether oxygens (including phenoxy) is 1. The molecule has 0 aliphatic rings. The van der Waals surface area contributed by atoms with E-state index >= 15 is 0 Å². The van der Waals surface area contributed by atoms with E-state index in [0.717, 1.165) is 33.4 Å². The standard InChI is InChI=1S/C22H26N4O2S/c1-4-26-20(14-28-19-11-16(2)10-17(3)12-19)24-25-22(26)29-15-21(27)23-13-18-8-6-5-7-9-18/h5-12H,4,13-15H2,1-3H3,(H,23,27). The van der Waals surface area contributed by atoms with Gasteiger partial charge in [-0.3, -0.25) is 4.79 Å². The van der Waals surface area contributed by atoms with Crippen molar-refractivity contribution in [2.24, 2.45) is 0 Å². The summed E-state index contributed by atoms with van der Waals surface area (Å²) in [7, 11) is 0. The van der Waals surface area contributed by atoms with E-state index in [-0.39, 0.29) is 5.91 Å². The second-order valence-electron chi connectivity index (χ2n) is 6.81. The van der Waals surface area contributed by atoms with Crippen LogP contribution >= 0.6 is 11.8 Å². The molecule has 7 heteroatoms. The fourth-order valence-corrected chi connectivity index (χ4v) is 3.84. The molecule has 6 nitrogen and oxygen atoms in total. The Morgan fingerprint density at radius 3 is 2.52 bits per heavy atom. The van der Waals surface area contributed by atoms with Gasteiger partial charge in [0.25, 0.3) is 0 Å². The number of nitrogens with zero attached hydrogens (tertiary/aromatic N) is 3. The number of aromatic nitrogens is 3. The third-order valence-electron chi connectivity index (χ3n) is 4.34. The van der Waals surface area contributed by atoms with Crippen molar-refractivity contribution in [2.75, 3.05) is 5.75 Å². The topological polar surface area (TPSA) is 69.0 Å². The van der Waals surface area contributed by atoms with Crippen LogP contribution in [0.5, 0.6) is 5.75 Å². The van der Waals surface area contributed by atoms with Crippen molar-refractivity contribution in [3.63, 3.8) is 0 Å². The van der Waals surface area contributed by atoms with E-state index in [1.807, 2.05) is 67.8 Å². The van der Waals surface area contributed by atoms with Crippen LogP contribution < -0.4 is 10.1 Å². The van der Waals surface area contributed by atoms with Crippen LogP contribution in [0.4, 0.5) is 0 Å². The summed E-state index contributed by atoms with van der Waals surface area (Å²) in [5.41, 5.74) is 3.40. The number of amides is 1. The lowest BCUT2D eigenvalue weighted by molar-refractivity contribution is -0.118. The molecule has 29 heavy (non-hydrogen) atoms. The first-order chi connectivity index (χ1) is 14.0. The maximum absolute atomic E-state index is 12.2. The summed E-state index contributed by atoms with van der Waals surface area (Å²) in [4.78, 5) is 12.2. The monoisotopic (exact) mass is 410 g/mol. The summed E-state index contributed by atoms with van der Waals surface area (Å²) in [5, 5.41) is 12.1. The van der Waals surface area contributed by atoms with E-state index < -0.39 is 0 Å². The number of nitrogens with one attached hydrogen (secondary N) is 1. The highest BCUT2D eigenvalue weighted by Gasteiger charge is 2.14. The van der Waals surface area contributed by atoms with E-state index in [4.69, 9.17) is 4.74 Å². The molecule has 0 spiro atoms. The Morgan fingerprint density at radius 1 is 1.10 bits per heavy atom. The van der Waals surface area contributed by atoms with Crippen molar-refractivity contribution in [3.8, 4) is 5.75 Å². The van der Waals surface area contributed by atoms with Gasteiger partial charge < -0.3 is 14.6 Å². The SMILES string of the molecule is CCn1c(COc2cc(C)cc(C)c2)nnc1SCC(=O)NCc1ccccc1. The zero-order valence-corrected chi connectivity index (χ0v) is 17.8. The molecule has 0 unspecified atom stereocenters. The molecule has 1 N–H and O–H groups in total. The summed E-state index contributed by atoms with van der Waals surface area (Å²) >= 11 is 1.38. The quantitative estimate of drug-likeness (QED) is 0.542. The fraction of sp³-hybridized carbons (Fsp3) is 0.318. The van der Waals surface area contributed by atoms with Crippen LogP contribution in [0.15, 0.2) is 53.7 Å². The highest BCUT2D eigenvalue weighted by Crippen LogP contribution is 2.20. The van der Waals surface area contributed by atoms with Gasteiger partial charge in [0.05, 0.1) is 5.75 Å². The molecule has 1 heterocycles. The second-order valence-corrected chi connectivity index (χ2v) is 7.75. The van der Waals surface area contributed by atoms with Gasteiger partial charge in [0.2, 0.25) is 5.91 Å². The van der Waals surface area contributed by atoms with Gasteiger partial charge >= 0.3 is 0 Å². The van der Waals surface area contributed by atoms with Gasteiger partial charge in [-0.1, -0.05) is 48.2 Å². The number of aryl methyl sites for hydroxylation is 2. The van der Waals surface area contributed by atoms with Crippen LogP contribution in [-0.4, -0.2) is 26.4 Å². The van der Waals surface area contributed by atoms with Crippen LogP contribution in [-0.2, 0) is 24.5 Å². The number of rotatable bonds is 9. The third-order valence-corrected chi connectivity index (χ3v) is 5.30. The van der Waals surface area contributed by atoms with Crippen molar-refractivity contribution in [3.05, 3.63) is 71.0 Å².